The third kappa shape index (κ3) is 4.51. The normalized spacial score (nSPS) is 11.5. The van der Waals surface area contributed by atoms with Crippen LogP contribution < -0.4 is 0 Å². The maximum atomic E-state index is 13.0. The first-order chi connectivity index (χ1) is 9.27. The van der Waals surface area contributed by atoms with Crippen molar-refractivity contribution >= 4 is 21.8 Å². The van der Waals surface area contributed by atoms with Crippen LogP contribution in [0.5, 0.6) is 0 Å². The lowest BCUT2D eigenvalue weighted by atomic mass is 10.1. The molecular formula is C14H17BrF3NO. The topological polar surface area (TPSA) is 20.3 Å². The molecule has 1 rings (SSSR count). The van der Waals surface area contributed by atoms with Gasteiger partial charge in [0.1, 0.15) is 0 Å². The van der Waals surface area contributed by atoms with E-state index in [4.69, 9.17) is 0 Å². The molecule has 0 aromatic heterocycles. The van der Waals surface area contributed by atoms with Crippen LogP contribution in [0.1, 0.15) is 42.1 Å². The summed E-state index contributed by atoms with van der Waals surface area (Å²) in [6.07, 6.45) is -1.81. The van der Waals surface area contributed by atoms with Gasteiger partial charge in [-0.05, 0) is 24.6 Å². The number of benzene rings is 1. The fourth-order valence-electron chi connectivity index (χ4n) is 1.84. The first-order valence-electron chi connectivity index (χ1n) is 6.39. The molecule has 0 radical (unpaired) electrons. The maximum Gasteiger partial charge on any atom is 0.417 e. The molecule has 0 aliphatic rings. The lowest BCUT2D eigenvalue weighted by Crippen LogP contribution is -2.29. The smallest absolute Gasteiger partial charge is 0.342 e. The fraction of sp³-hybridized carbons (Fsp3) is 0.500. The van der Waals surface area contributed by atoms with E-state index in [1.807, 2.05) is 6.92 Å². The number of alkyl halides is 3. The molecule has 0 fully saturated rings. The molecule has 112 valence electrons. The molecule has 20 heavy (non-hydrogen) atoms. The second kappa shape index (κ2) is 7.11. The molecule has 0 saturated carbocycles. The molecule has 0 bridgehead atoms. The molecule has 6 heteroatoms. The van der Waals surface area contributed by atoms with E-state index in [2.05, 4.69) is 15.9 Å². The maximum absolute atomic E-state index is 13.0. The lowest BCUT2D eigenvalue weighted by molar-refractivity contribution is -0.138. The van der Waals surface area contributed by atoms with E-state index in [1.54, 1.807) is 0 Å². The van der Waals surface area contributed by atoms with Gasteiger partial charge in [-0.3, -0.25) is 4.79 Å². The van der Waals surface area contributed by atoms with Gasteiger partial charge < -0.3 is 4.90 Å². The minimum Gasteiger partial charge on any atom is -0.342 e. The molecule has 0 atom stereocenters. The summed E-state index contributed by atoms with van der Waals surface area (Å²) in [6, 6.07) is 3.60. The molecule has 0 aliphatic carbocycles. The second-order valence-electron chi connectivity index (χ2n) is 4.62. The van der Waals surface area contributed by atoms with Crippen LogP contribution in [0.15, 0.2) is 22.7 Å². The van der Waals surface area contributed by atoms with Gasteiger partial charge >= 0.3 is 6.18 Å². The summed E-state index contributed by atoms with van der Waals surface area (Å²) < 4.78 is 39.2. The summed E-state index contributed by atoms with van der Waals surface area (Å²) in [5, 5.41) is 0. The van der Waals surface area contributed by atoms with Gasteiger partial charge in [-0.25, -0.2) is 0 Å². The van der Waals surface area contributed by atoms with Gasteiger partial charge in [0.2, 0.25) is 0 Å². The van der Waals surface area contributed by atoms with Crippen molar-refractivity contribution in [2.24, 2.45) is 0 Å². The lowest BCUT2D eigenvalue weighted by Gasteiger charge is -2.20. The highest BCUT2D eigenvalue weighted by atomic mass is 79.9. The number of hydrogen-bond donors (Lipinski definition) is 0. The molecular weight excluding hydrogens is 335 g/mol. The zero-order chi connectivity index (χ0) is 15.3. The predicted molar refractivity (Wildman–Crippen MR) is 75.6 cm³/mol. The Bertz CT molecular complexity index is 474. The number of unbranched alkanes of at least 4 members (excludes halogenated alkanes) is 2. The van der Waals surface area contributed by atoms with Crippen LogP contribution in [0.25, 0.3) is 0 Å². The highest BCUT2D eigenvalue weighted by Crippen LogP contribution is 2.34. The van der Waals surface area contributed by atoms with Crippen molar-refractivity contribution in [2.75, 3.05) is 13.6 Å². The Morgan fingerprint density at radius 2 is 1.95 bits per heavy atom. The van der Waals surface area contributed by atoms with Crippen molar-refractivity contribution in [1.82, 2.24) is 4.90 Å². The first kappa shape index (κ1) is 17.0. The monoisotopic (exact) mass is 351 g/mol. The number of carbonyl (C=O) groups is 1. The Morgan fingerprint density at radius 3 is 2.50 bits per heavy atom. The largest absolute Gasteiger partial charge is 0.417 e. The van der Waals surface area contributed by atoms with E-state index in [0.29, 0.717) is 11.0 Å². The van der Waals surface area contributed by atoms with Gasteiger partial charge in [0.15, 0.2) is 0 Å². The van der Waals surface area contributed by atoms with Gasteiger partial charge in [-0.2, -0.15) is 13.2 Å². The van der Waals surface area contributed by atoms with E-state index in [-0.39, 0.29) is 5.56 Å². The Labute approximate surface area is 125 Å². The minimum absolute atomic E-state index is 0.301. The standard InChI is InChI=1S/C14H17BrF3NO/c1-3-4-5-8-19(2)13(20)11-7-6-10(15)9-12(11)14(16,17)18/h6-7,9H,3-5,8H2,1-2H3. The van der Waals surface area contributed by atoms with Gasteiger partial charge in [0.25, 0.3) is 5.91 Å². The SMILES string of the molecule is CCCCCN(C)C(=O)c1ccc(Br)cc1C(F)(F)F. The van der Waals surface area contributed by atoms with E-state index in [1.165, 1.54) is 24.1 Å². The molecule has 1 aromatic carbocycles. The van der Waals surface area contributed by atoms with E-state index < -0.39 is 17.6 Å². The van der Waals surface area contributed by atoms with Crippen LogP contribution >= 0.6 is 15.9 Å². The molecule has 0 spiro atoms. The number of amides is 1. The molecule has 0 unspecified atom stereocenters. The summed E-state index contributed by atoms with van der Waals surface area (Å²) in [6.45, 7) is 2.48. The van der Waals surface area contributed by atoms with Gasteiger partial charge in [-0.1, -0.05) is 35.7 Å². The van der Waals surface area contributed by atoms with Crippen LogP contribution in [0.2, 0.25) is 0 Å². The van der Waals surface area contributed by atoms with Gasteiger partial charge in [0.05, 0.1) is 11.1 Å². The third-order valence-electron chi connectivity index (χ3n) is 2.96. The summed E-state index contributed by atoms with van der Waals surface area (Å²) >= 11 is 3.00. The second-order valence-corrected chi connectivity index (χ2v) is 5.54. The van der Waals surface area contributed by atoms with Crippen molar-refractivity contribution in [2.45, 2.75) is 32.4 Å². The van der Waals surface area contributed by atoms with Crippen LogP contribution in [-0.4, -0.2) is 24.4 Å². The highest BCUT2D eigenvalue weighted by Gasteiger charge is 2.36. The fourth-order valence-corrected chi connectivity index (χ4v) is 2.20. The zero-order valence-corrected chi connectivity index (χ0v) is 13.0. The number of nitrogens with zero attached hydrogens (tertiary/aromatic N) is 1. The quantitative estimate of drug-likeness (QED) is 0.702. The molecule has 0 aliphatic heterocycles. The van der Waals surface area contributed by atoms with Crippen LogP contribution in [0.4, 0.5) is 13.2 Å². The molecule has 0 saturated heterocycles. The first-order valence-corrected chi connectivity index (χ1v) is 7.19. The van der Waals surface area contributed by atoms with E-state index in [0.717, 1.165) is 25.3 Å². The summed E-state index contributed by atoms with van der Waals surface area (Å²) in [7, 11) is 1.53. The number of hydrogen-bond acceptors (Lipinski definition) is 1. The molecule has 1 amide bonds. The van der Waals surface area contributed by atoms with Gasteiger partial charge in [-0.15, -0.1) is 0 Å². The van der Waals surface area contributed by atoms with Crippen molar-refractivity contribution in [1.29, 1.82) is 0 Å². The molecule has 2 nitrogen and oxygen atoms in total. The summed E-state index contributed by atoms with van der Waals surface area (Å²) in [5.41, 5.74) is -1.21. The Balaban J connectivity index is 2.98. The summed E-state index contributed by atoms with van der Waals surface area (Å²) in [4.78, 5) is 13.5. The van der Waals surface area contributed by atoms with Crippen molar-refractivity contribution < 1.29 is 18.0 Å². The zero-order valence-electron chi connectivity index (χ0n) is 11.4. The van der Waals surface area contributed by atoms with Crippen LogP contribution in [0, 0.1) is 0 Å². The number of halogens is 4. The van der Waals surface area contributed by atoms with Crippen LogP contribution in [0.3, 0.4) is 0 Å². The molecule has 0 heterocycles. The predicted octanol–water partition coefficient (Wildman–Crippen LogP) is 4.73. The van der Waals surface area contributed by atoms with Crippen molar-refractivity contribution in [3.63, 3.8) is 0 Å². The average Bonchev–Trinajstić information content (AvgIpc) is 2.37. The number of carbonyl (C=O) groups excluding carboxylic acids is 1. The van der Waals surface area contributed by atoms with Crippen LogP contribution in [-0.2, 0) is 6.18 Å². The minimum atomic E-state index is -4.54. The highest BCUT2D eigenvalue weighted by molar-refractivity contribution is 9.10. The van der Waals surface area contributed by atoms with Crippen molar-refractivity contribution in [3.05, 3.63) is 33.8 Å². The number of rotatable bonds is 5. The summed E-state index contributed by atoms with van der Waals surface area (Å²) in [5.74, 6) is -0.596. The van der Waals surface area contributed by atoms with Gasteiger partial charge in [0, 0.05) is 18.1 Å². The van der Waals surface area contributed by atoms with E-state index in [9.17, 15) is 18.0 Å². The van der Waals surface area contributed by atoms with Crippen molar-refractivity contribution in [3.8, 4) is 0 Å². The van der Waals surface area contributed by atoms with E-state index >= 15 is 0 Å². The molecule has 1 aromatic rings. The Kier molecular flexibility index (Phi) is 6.05. The molecule has 0 N–H and O–H groups in total. The Hall–Kier alpha value is -1.04. The Morgan fingerprint density at radius 1 is 1.30 bits per heavy atom. The average molecular weight is 352 g/mol. The third-order valence-corrected chi connectivity index (χ3v) is 3.45.